The van der Waals surface area contributed by atoms with Crippen molar-refractivity contribution in [3.8, 4) is 0 Å². The molecule has 0 heterocycles. The smallest absolute Gasteiger partial charge is 0.00970 e. The Bertz CT molecular complexity index is 212. The standard InChI is InChI=1S/C17H36N2/c1-5-6-7-15-8-10-16(11-9-15)14-18-12-13-19-17(2,3)4/h15-16,18-19H,5-14H2,1-4H3. The Hall–Kier alpha value is -0.0800. The molecule has 0 saturated heterocycles. The van der Waals surface area contributed by atoms with Gasteiger partial charge in [0.05, 0.1) is 0 Å². The van der Waals surface area contributed by atoms with Crippen molar-refractivity contribution in [2.75, 3.05) is 19.6 Å². The first kappa shape index (κ1) is 17.0. The lowest BCUT2D eigenvalue weighted by Crippen LogP contribution is -2.41. The molecule has 0 spiro atoms. The molecule has 2 nitrogen and oxygen atoms in total. The molecule has 2 heteroatoms. The van der Waals surface area contributed by atoms with Gasteiger partial charge in [-0.25, -0.2) is 0 Å². The summed E-state index contributed by atoms with van der Waals surface area (Å²) in [4.78, 5) is 0. The zero-order valence-electron chi connectivity index (χ0n) is 13.7. The number of unbranched alkanes of at least 4 members (excludes halogenated alkanes) is 1. The SMILES string of the molecule is CCCCC1CCC(CNCCNC(C)(C)C)CC1. The topological polar surface area (TPSA) is 24.1 Å². The second-order valence-corrected chi connectivity index (χ2v) is 7.41. The molecule has 0 amide bonds. The average Bonchev–Trinajstić information content (AvgIpc) is 2.36. The Labute approximate surface area is 121 Å². The van der Waals surface area contributed by atoms with Crippen molar-refractivity contribution in [2.24, 2.45) is 11.8 Å². The summed E-state index contributed by atoms with van der Waals surface area (Å²) in [5, 5.41) is 7.15. The van der Waals surface area contributed by atoms with Crippen LogP contribution in [0.4, 0.5) is 0 Å². The third kappa shape index (κ3) is 8.65. The molecule has 0 bridgehead atoms. The third-order valence-corrected chi connectivity index (χ3v) is 4.32. The van der Waals surface area contributed by atoms with E-state index in [0.717, 1.165) is 24.9 Å². The quantitative estimate of drug-likeness (QED) is 0.651. The second-order valence-electron chi connectivity index (χ2n) is 7.41. The summed E-state index contributed by atoms with van der Waals surface area (Å²) in [7, 11) is 0. The van der Waals surface area contributed by atoms with Gasteiger partial charge in [0, 0.05) is 18.6 Å². The van der Waals surface area contributed by atoms with Crippen molar-refractivity contribution >= 4 is 0 Å². The number of rotatable bonds is 8. The van der Waals surface area contributed by atoms with Crippen LogP contribution >= 0.6 is 0 Å². The van der Waals surface area contributed by atoms with Gasteiger partial charge in [-0.2, -0.15) is 0 Å². The fraction of sp³-hybridized carbons (Fsp3) is 1.00. The molecule has 2 N–H and O–H groups in total. The first-order valence-electron chi connectivity index (χ1n) is 8.47. The maximum absolute atomic E-state index is 3.62. The van der Waals surface area contributed by atoms with Gasteiger partial charge in [-0.15, -0.1) is 0 Å². The Kier molecular flexibility index (Phi) is 8.01. The molecule has 1 saturated carbocycles. The van der Waals surface area contributed by atoms with Gasteiger partial charge in [-0.3, -0.25) is 0 Å². The molecule has 0 aromatic rings. The average molecular weight is 268 g/mol. The van der Waals surface area contributed by atoms with E-state index in [1.807, 2.05) is 0 Å². The van der Waals surface area contributed by atoms with E-state index in [9.17, 15) is 0 Å². The van der Waals surface area contributed by atoms with Gasteiger partial charge in [-0.05, 0) is 52.0 Å². The van der Waals surface area contributed by atoms with Crippen molar-refractivity contribution in [3.63, 3.8) is 0 Å². The van der Waals surface area contributed by atoms with Gasteiger partial charge in [0.2, 0.25) is 0 Å². The van der Waals surface area contributed by atoms with Crippen LogP contribution in [0.25, 0.3) is 0 Å². The molecule has 1 rings (SSSR count). The number of hydrogen-bond acceptors (Lipinski definition) is 2. The van der Waals surface area contributed by atoms with Crippen LogP contribution in [0.3, 0.4) is 0 Å². The number of nitrogens with one attached hydrogen (secondary N) is 2. The summed E-state index contributed by atoms with van der Waals surface area (Å²) in [6, 6.07) is 0. The summed E-state index contributed by atoms with van der Waals surface area (Å²) in [6.45, 7) is 12.4. The van der Waals surface area contributed by atoms with Crippen LogP contribution in [0.5, 0.6) is 0 Å². The highest BCUT2D eigenvalue weighted by Gasteiger charge is 2.20. The highest BCUT2D eigenvalue weighted by atomic mass is 15.0. The predicted octanol–water partition coefficient (Wildman–Crippen LogP) is 3.96. The zero-order chi connectivity index (χ0) is 14.1. The molecule has 1 fully saturated rings. The molecule has 0 aliphatic heterocycles. The van der Waals surface area contributed by atoms with Crippen LogP contribution in [0.1, 0.15) is 72.6 Å². The highest BCUT2D eigenvalue weighted by Crippen LogP contribution is 2.31. The van der Waals surface area contributed by atoms with Crippen molar-refractivity contribution in [1.29, 1.82) is 0 Å². The minimum atomic E-state index is 0.249. The lowest BCUT2D eigenvalue weighted by atomic mass is 9.80. The van der Waals surface area contributed by atoms with Crippen LogP contribution in [0, 0.1) is 11.8 Å². The maximum atomic E-state index is 3.62. The van der Waals surface area contributed by atoms with Crippen LogP contribution in [-0.4, -0.2) is 25.2 Å². The Morgan fingerprint density at radius 2 is 1.58 bits per heavy atom. The minimum absolute atomic E-state index is 0.249. The van der Waals surface area contributed by atoms with E-state index >= 15 is 0 Å². The Balaban J connectivity index is 1.97. The Morgan fingerprint density at radius 3 is 2.16 bits per heavy atom. The fourth-order valence-corrected chi connectivity index (χ4v) is 3.05. The molecule has 0 radical (unpaired) electrons. The third-order valence-electron chi connectivity index (χ3n) is 4.32. The van der Waals surface area contributed by atoms with E-state index in [2.05, 4.69) is 38.3 Å². The first-order valence-corrected chi connectivity index (χ1v) is 8.47. The predicted molar refractivity (Wildman–Crippen MR) is 85.6 cm³/mol. The molecule has 1 aliphatic carbocycles. The highest BCUT2D eigenvalue weighted by molar-refractivity contribution is 4.75. The van der Waals surface area contributed by atoms with E-state index in [1.165, 1.54) is 51.5 Å². The molecular formula is C17H36N2. The van der Waals surface area contributed by atoms with Gasteiger partial charge in [0.1, 0.15) is 0 Å². The van der Waals surface area contributed by atoms with Crippen LogP contribution in [0.15, 0.2) is 0 Å². The van der Waals surface area contributed by atoms with Gasteiger partial charge >= 0.3 is 0 Å². The van der Waals surface area contributed by atoms with E-state index in [0.29, 0.717) is 0 Å². The van der Waals surface area contributed by atoms with Gasteiger partial charge in [0.25, 0.3) is 0 Å². The molecule has 19 heavy (non-hydrogen) atoms. The number of hydrogen-bond donors (Lipinski definition) is 2. The van der Waals surface area contributed by atoms with E-state index < -0.39 is 0 Å². The summed E-state index contributed by atoms with van der Waals surface area (Å²) >= 11 is 0. The van der Waals surface area contributed by atoms with E-state index in [-0.39, 0.29) is 5.54 Å². The molecule has 1 aliphatic rings. The van der Waals surface area contributed by atoms with Crippen LogP contribution in [0.2, 0.25) is 0 Å². The normalized spacial score (nSPS) is 24.6. The molecule has 0 aromatic carbocycles. The van der Waals surface area contributed by atoms with Crippen molar-refractivity contribution in [1.82, 2.24) is 10.6 Å². The largest absolute Gasteiger partial charge is 0.315 e. The van der Waals surface area contributed by atoms with Crippen LogP contribution in [-0.2, 0) is 0 Å². The molecule has 114 valence electrons. The molecule has 0 aromatic heterocycles. The lowest BCUT2D eigenvalue weighted by Gasteiger charge is -2.29. The first-order chi connectivity index (χ1) is 9.01. The molecular weight excluding hydrogens is 232 g/mol. The summed E-state index contributed by atoms with van der Waals surface area (Å²) in [5.41, 5.74) is 0.249. The van der Waals surface area contributed by atoms with Crippen molar-refractivity contribution in [2.45, 2.75) is 78.2 Å². The lowest BCUT2D eigenvalue weighted by molar-refractivity contribution is 0.253. The minimum Gasteiger partial charge on any atom is -0.315 e. The fourth-order valence-electron chi connectivity index (χ4n) is 3.05. The summed E-state index contributed by atoms with van der Waals surface area (Å²) in [5.74, 6) is 1.98. The summed E-state index contributed by atoms with van der Waals surface area (Å²) < 4.78 is 0. The Morgan fingerprint density at radius 1 is 0.947 bits per heavy atom. The second kappa shape index (κ2) is 8.97. The van der Waals surface area contributed by atoms with Crippen molar-refractivity contribution in [3.05, 3.63) is 0 Å². The summed E-state index contributed by atoms with van der Waals surface area (Å²) in [6.07, 6.45) is 10.1. The van der Waals surface area contributed by atoms with Crippen molar-refractivity contribution < 1.29 is 0 Å². The monoisotopic (exact) mass is 268 g/mol. The van der Waals surface area contributed by atoms with Crippen LogP contribution < -0.4 is 10.6 Å². The zero-order valence-corrected chi connectivity index (χ0v) is 13.7. The molecule has 0 atom stereocenters. The van der Waals surface area contributed by atoms with E-state index in [1.54, 1.807) is 0 Å². The van der Waals surface area contributed by atoms with Gasteiger partial charge in [0.15, 0.2) is 0 Å². The van der Waals surface area contributed by atoms with Gasteiger partial charge in [-0.1, -0.05) is 39.0 Å². The van der Waals surface area contributed by atoms with Gasteiger partial charge < -0.3 is 10.6 Å². The maximum Gasteiger partial charge on any atom is 0.00970 e. The molecule has 0 unspecified atom stereocenters. The van der Waals surface area contributed by atoms with E-state index in [4.69, 9.17) is 0 Å².